The lowest BCUT2D eigenvalue weighted by Gasteiger charge is -2.13. The van der Waals surface area contributed by atoms with Crippen molar-refractivity contribution in [3.63, 3.8) is 0 Å². The smallest absolute Gasteiger partial charge is 0.341 e. The van der Waals surface area contributed by atoms with E-state index in [1.165, 1.54) is 30.2 Å². The third-order valence-corrected chi connectivity index (χ3v) is 6.86. The molecule has 7 nitrogen and oxygen atoms in total. The Morgan fingerprint density at radius 2 is 1.97 bits per heavy atom. The van der Waals surface area contributed by atoms with Crippen LogP contribution in [0.25, 0.3) is 11.1 Å². The van der Waals surface area contributed by atoms with E-state index in [0.717, 1.165) is 34.5 Å². The van der Waals surface area contributed by atoms with E-state index in [0.29, 0.717) is 15.7 Å². The lowest BCUT2D eigenvalue weighted by Crippen LogP contribution is -2.17. The summed E-state index contributed by atoms with van der Waals surface area (Å²) in [5.74, 6) is 0.363. The first-order valence-electron chi connectivity index (χ1n) is 10.4. The highest BCUT2D eigenvalue weighted by atomic mass is 32.2. The highest BCUT2D eigenvalue weighted by molar-refractivity contribution is 7.99. The molecule has 2 heterocycles. The molecule has 0 aliphatic rings. The maximum Gasteiger partial charge on any atom is 0.341 e. The number of carbonyl (C=O) groups excluding carboxylic acids is 2. The van der Waals surface area contributed by atoms with Gasteiger partial charge in [-0.2, -0.15) is 0 Å². The molecular weight excluding hydrogens is 444 g/mol. The molecule has 1 amide bonds. The van der Waals surface area contributed by atoms with E-state index in [1.54, 1.807) is 0 Å². The van der Waals surface area contributed by atoms with E-state index < -0.39 is 5.97 Å². The van der Waals surface area contributed by atoms with Crippen molar-refractivity contribution in [3.8, 4) is 11.1 Å². The summed E-state index contributed by atoms with van der Waals surface area (Å²) >= 11 is 2.65. The molecule has 0 fully saturated rings. The van der Waals surface area contributed by atoms with Crippen LogP contribution in [0.3, 0.4) is 0 Å². The van der Waals surface area contributed by atoms with Gasteiger partial charge in [0, 0.05) is 23.4 Å². The topological polar surface area (TPSA) is 86.1 Å². The molecule has 0 aliphatic carbocycles. The second-order valence-corrected chi connectivity index (χ2v) is 9.54. The number of esters is 1. The quantitative estimate of drug-likeness (QED) is 0.354. The number of methoxy groups -OCH3 is 1. The Balaban J connectivity index is 1.83. The fourth-order valence-electron chi connectivity index (χ4n) is 3.44. The largest absolute Gasteiger partial charge is 0.465 e. The molecular formula is C23H28N4O3S2. The van der Waals surface area contributed by atoms with Crippen LogP contribution >= 0.6 is 23.1 Å². The van der Waals surface area contributed by atoms with Crippen molar-refractivity contribution in [3.05, 3.63) is 46.1 Å². The van der Waals surface area contributed by atoms with Crippen molar-refractivity contribution in [2.75, 3.05) is 18.2 Å². The minimum atomic E-state index is -0.475. The van der Waals surface area contributed by atoms with Crippen molar-refractivity contribution >= 4 is 40.0 Å². The van der Waals surface area contributed by atoms with Crippen molar-refractivity contribution in [2.24, 2.45) is 0 Å². The normalized spacial score (nSPS) is 11.1. The number of aryl methyl sites for hydroxylation is 3. The predicted octanol–water partition coefficient (Wildman–Crippen LogP) is 5.28. The Hall–Kier alpha value is -2.65. The molecule has 1 aromatic carbocycles. The van der Waals surface area contributed by atoms with Crippen LogP contribution < -0.4 is 5.32 Å². The number of carbonyl (C=O) groups is 2. The summed E-state index contributed by atoms with van der Waals surface area (Å²) in [4.78, 5) is 25.3. The fourth-order valence-corrected chi connectivity index (χ4v) is 5.29. The van der Waals surface area contributed by atoms with Gasteiger partial charge in [-0.25, -0.2) is 4.79 Å². The van der Waals surface area contributed by atoms with Crippen molar-refractivity contribution in [1.82, 2.24) is 14.8 Å². The van der Waals surface area contributed by atoms with Gasteiger partial charge in [-0.05, 0) is 38.8 Å². The van der Waals surface area contributed by atoms with Crippen LogP contribution in [0.15, 0.2) is 28.7 Å². The minimum Gasteiger partial charge on any atom is -0.465 e. The Morgan fingerprint density at radius 1 is 1.22 bits per heavy atom. The molecule has 0 atom stereocenters. The van der Waals surface area contributed by atoms with Crippen molar-refractivity contribution in [2.45, 2.75) is 52.2 Å². The molecule has 170 valence electrons. The van der Waals surface area contributed by atoms with Crippen LogP contribution in [-0.2, 0) is 16.0 Å². The number of anilines is 1. The Labute approximate surface area is 196 Å². The van der Waals surface area contributed by atoms with Gasteiger partial charge in [0.1, 0.15) is 16.4 Å². The first-order chi connectivity index (χ1) is 15.3. The summed E-state index contributed by atoms with van der Waals surface area (Å²) in [7, 11) is 1.35. The Morgan fingerprint density at radius 3 is 2.62 bits per heavy atom. The zero-order chi connectivity index (χ0) is 23.4. The van der Waals surface area contributed by atoms with Gasteiger partial charge < -0.3 is 14.6 Å². The zero-order valence-corrected chi connectivity index (χ0v) is 20.8. The van der Waals surface area contributed by atoms with Gasteiger partial charge in [0.15, 0.2) is 5.16 Å². The fraction of sp³-hybridized carbons (Fsp3) is 0.391. The number of hydrogen-bond donors (Lipinski definition) is 1. The number of nitrogens with one attached hydrogen (secondary N) is 1. The molecule has 1 N–H and O–H groups in total. The second-order valence-electron chi connectivity index (χ2n) is 7.72. The van der Waals surface area contributed by atoms with Crippen LogP contribution in [0.5, 0.6) is 0 Å². The number of amides is 1. The summed E-state index contributed by atoms with van der Waals surface area (Å²) in [5.41, 5.74) is 4.23. The average molecular weight is 473 g/mol. The van der Waals surface area contributed by atoms with Crippen LogP contribution in [0.2, 0.25) is 0 Å². The number of thiophene rings is 1. The number of thioether (sulfide) groups is 1. The van der Waals surface area contributed by atoms with E-state index in [4.69, 9.17) is 4.74 Å². The van der Waals surface area contributed by atoms with Gasteiger partial charge in [0.2, 0.25) is 5.91 Å². The van der Waals surface area contributed by atoms with E-state index in [-0.39, 0.29) is 17.7 Å². The minimum absolute atomic E-state index is 0.159. The number of nitrogens with zero attached hydrogens (tertiary/aromatic N) is 3. The third kappa shape index (κ3) is 5.05. The number of rotatable bonds is 8. The van der Waals surface area contributed by atoms with E-state index in [2.05, 4.69) is 29.4 Å². The Bertz CT molecular complexity index is 1130. The van der Waals surface area contributed by atoms with Gasteiger partial charge in [0.25, 0.3) is 0 Å². The maximum absolute atomic E-state index is 12.7. The molecule has 0 spiro atoms. The molecule has 2 aromatic heterocycles. The predicted molar refractivity (Wildman–Crippen MR) is 130 cm³/mol. The molecule has 32 heavy (non-hydrogen) atoms. The molecule has 0 saturated heterocycles. The first-order valence-corrected chi connectivity index (χ1v) is 12.3. The highest BCUT2D eigenvalue weighted by Crippen LogP contribution is 2.38. The molecule has 0 radical (unpaired) electrons. The third-order valence-electron chi connectivity index (χ3n) is 5.02. The average Bonchev–Trinajstić information content (AvgIpc) is 3.37. The van der Waals surface area contributed by atoms with Crippen molar-refractivity contribution in [1.29, 1.82) is 0 Å². The lowest BCUT2D eigenvalue weighted by atomic mass is 9.97. The molecule has 0 bridgehead atoms. The van der Waals surface area contributed by atoms with Crippen LogP contribution in [0.1, 0.15) is 54.1 Å². The van der Waals surface area contributed by atoms with E-state index in [1.807, 2.05) is 48.9 Å². The molecule has 9 heteroatoms. The zero-order valence-electron chi connectivity index (χ0n) is 19.2. The van der Waals surface area contributed by atoms with Crippen LogP contribution in [0, 0.1) is 13.8 Å². The molecule has 0 saturated carbocycles. The van der Waals surface area contributed by atoms with Gasteiger partial charge in [-0.1, -0.05) is 42.4 Å². The maximum atomic E-state index is 12.7. The molecule has 0 aliphatic heterocycles. The van der Waals surface area contributed by atoms with Crippen LogP contribution in [0.4, 0.5) is 5.00 Å². The molecule has 3 aromatic rings. The molecule has 0 unspecified atom stereocenters. The second kappa shape index (κ2) is 10.3. The monoisotopic (exact) mass is 472 g/mol. The number of hydrogen-bond acceptors (Lipinski definition) is 7. The van der Waals surface area contributed by atoms with E-state index in [9.17, 15) is 9.59 Å². The first kappa shape index (κ1) is 24.0. The summed E-state index contributed by atoms with van der Waals surface area (Å²) in [5, 5.41) is 14.4. The SMILES string of the molecule is CCc1nnc(SCC(=O)Nc2scc(-c3cc(C)ccc3C)c2C(=O)OC)n1C(C)C. The van der Waals surface area contributed by atoms with E-state index >= 15 is 0 Å². The summed E-state index contributed by atoms with van der Waals surface area (Å²) in [6.07, 6.45) is 0.775. The number of ether oxygens (including phenoxy) is 1. The van der Waals surface area contributed by atoms with Gasteiger partial charge in [-0.3, -0.25) is 4.79 Å². The number of aromatic nitrogens is 3. The van der Waals surface area contributed by atoms with Crippen LogP contribution in [-0.4, -0.2) is 39.5 Å². The van der Waals surface area contributed by atoms with Crippen molar-refractivity contribution < 1.29 is 14.3 Å². The summed E-state index contributed by atoms with van der Waals surface area (Å²) < 4.78 is 7.07. The highest BCUT2D eigenvalue weighted by Gasteiger charge is 2.24. The van der Waals surface area contributed by atoms with Gasteiger partial charge in [0.05, 0.1) is 12.9 Å². The Kier molecular flexibility index (Phi) is 7.73. The summed E-state index contributed by atoms with van der Waals surface area (Å²) in [6.45, 7) is 10.2. The van der Waals surface area contributed by atoms with Gasteiger partial charge >= 0.3 is 5.97 Å². The standard InChI is InChI=1S/C23H28N4O3S2/c1-7-18-25-26-23(27(18)13(2)3)32-12-19(28)24-21-20(22(29)30-6)17(11-31-21)16-10-14(4)8-9-15(16)5/h8-11,13H,7,12H2,1-6H3,(H,24,28). The number of benzene rings is 1. The van der Waals surface area contributed by atoms with Gasteiger partial charge in [-0.15, -0.1) is 21.5 Å². The lowest BCUT2D eigenvalue weighted by molar-refractivity contribution is -0.113. The molecule has 3 rings (SSSR count). The summed E-state index contributed by atoms with van der Waals surface area (Å²) in [6, 6.07) is 6.29.